The van der Waals surface area contributed by atoms with Crippen molar-refractivity contribution in [3.05, 3.63) is 88.7 Å². The van der Waals surface area contributed by atoms with Gasteiger partial charge in [0.1, 0.15) is 0 Å². The van der Waals surface area contributed by atoms with E-state index in [1.807, 2.05) is 90.5 Å². The minimum atomic E-state index is -0.114. The number of benzene rings is 2. The predicted octanol–water partition coefficient (Wildman–Crippen LogP) is 5.05. The fourth-order valence-corrected chi connectivity index (χ4v) is 3.19. The summed E-state index contributed by atoms with van der Waals surface area (Å²) >= 11 is 3.46. The zero-order valence-electron chi connectivity index (χ0n) is 14.1. The van der Waals surface area contributed by atoms with Crippen molar-refractivity contribution in [1.29, 1.82) is 0 Å². The number of halogens is 1. The SMILES string of the molecule is CC1=NN(c2ccccc2)C(=O)/C1=C/c1cccn1-c1ccc(Br)cc1. The van der Waals surface area contributed by atoms with Crippen LogP contribution < -0.4 is 5.01 Å². The third-order valence-corrected chi connectivity index (χ3v) is 4.77. The minimum absolute atomic E-state index is 0.114. The Labute approximate surface area is 160 Å². The van der Waals surface area contributed by atoms with Gasteiger partial charge in [0.05, 0.1) is 17.0 Å². The molecule has 0 bridgehead atoms. The largest absolute Gasteiger partial charge is 0.317 e. The highest BCUT2D eigenvalue weighted by Crippen LogP contribution is 2.25. The van der Waals surface area contributed by atoms with Crippen LogP contribution in [-0.4, -0.2) is 16.2 Å². The van der Waals surface area contributed by atoms with Gasteiger partial charge in [-0.1, -0.05) is 34.1 Å². The quantitative estimate of drug-likeness (QED) is 0.562. The number of nitrogens with zero attached hydrogens (tertiary/aromatic N) is 3. The van der Waals surface area contributed by atoms with Crippen LogP contribution in [0.25, 0.3) is 11.8 Å². The van der Waals surface area contributed by atoms with Gasteiger partial charge in [-0.05, 0) is 61.5 Å². The monoisotopic (exact) mass is 405 g/mol. The molecule has 5 heteroatoms. The van der Waals surface area contributed by atoms with E-state index in [1.54, 1.807) is 0 Å². The number of carbonyl (C=O) groups is 1. The maximum atomic E-state index is 12.9. The molecule has 4 rings (SSSR count). The van der Waals surface area contributed by atoms with Gasteiger partial charge in [-0.2, -0.15) is 10.1 Å². The van der Waals surface area contributed by atoms with E-state index in [2.05, 4.69) is 21.0 Å². The molecule has 2 heterocycles. The second kappa shape index (κ2) is 6.77. The molecule has 0 spiro atoms. The first kappa shape index (κ1) is 16.5. The summed E-state index contributed by atoms with van der Waals surface area (Å²) in [6.45, 7) is 1.86. The maximum absolute atomic E-state index is 12.9. The van der Waals surface area contributed by atoms with Crippen LogP contribution in [-0.2, 0) is 4.79 Å². The van der Waals surface area contributed by atoms with Crippen LogP contribution >= 0.6 is 15.9 Å². The van der Waals surface area contributed by atoms with Gasteiger partial charge in [-0.3, -0.25) is 4.79 Å². The van der Waals surface area contributed by atoms with E-state index < -0.39 is 0 Å². The molecule has 0 radical (unpaired) electrons. The topological polar surface area (TPSA) is 37.6 Å². The van der Waals surface area contributed by atoms with E-state index in [9.17, 15) is 4.79 Å². The van der Waals surface area contributed by atoms with Crippen molar-refractivity contribution in [3.8, 4) is 5.69 Å². The number of para-hydroxylation sites is 1. The lowest BCUT2D eigenvalue weighted by Crippen LogP contribution is -2.21. The molecule has 0 saturated carbocycles. The molecule has 3 aromatic rings. The van der Waals surface area contributed by atoms with Gasteiger partial charge in [0, 0.05) is 22.1 Å². The Hall–Kier alpha value is -2.92. The summed E-state index contributed by atoms with van der Waals surface area (Å²) in [5.41, 5.74) is 4.04. The molecule has 1 amide bonds. The van der Waals surface area contributed by atoms with Gasteiger partial charge in [-0.25, -0.2) is 0 Å². The van der Waals surface area contributed by atoms with Crippen LogP contribution in [0.4, 0.5) is 5.69 Å². The van der Waals surface area contributed by atoms with Gasteiger partial charge in [0.25, 0.3) is 5.91 Å². The maximum Gasteiger partial charge on any atom is 0.280 e. The van der Waals surface area contributed by atoms with Crippen molar-refractivity contribution in [2.75, 3.05) is 5.01 Å². The number of hydrazone groups is 1. The Bertz CT molecular complexity index is 1020. The Morgan fingerprint density at radius 2 is 1.65 bits per heavy atom. The van der Waals surface area contributed by atoms with E-state index >= 15 is 0 Å². The molecule has 2 aromatic carbocycles. The minimum Gasteiger partial charge on any atom is -0.317 e. The lowest BCUT2D eigenvalue weighted by atomic mass is 10.1. The summed E-state index contributed by atoms with van der Waals surface area (Å²) in [7, 11) is 0. The molecule has 0 N–H and O–H groups in total. The van der Waals surface area contributed by atoms with Crippen molar-refractivity contribution in [2.45, 2.75) is 6.92 Å². The van der Waals surface area contributed by atoms with E-state index in [-0.39, 0.29) is 5.91 Å². The van der Waals surface area contributed by atoms with Gasteiger partial charge in [-0.15, -0.1) is 0 Å². The lowest BCUT2D eigenvalue weighted by molar-refractivity contribution is -0.114. The highest BCUT2D eigenvalue weighted by atomic mass is 79.9. The van der Waals surface area contributed by atoms with Crippen LogP contribution in [0.5, 0.6) is 0 Å². The van der Waals surface area contributed by atoms with Crippen molar-refractivity contribution < 1.29 is 4.79 Å². The van der Waals surface area contributed by atoms with E-state index in [0.717, 1.165) is 21.5 Å². The van der Waals surface area contributed by atoms with E-state index in [4.69, 9.17) is 0 Å². The molecule has 0 fully saturated rings. The molecule has 1 aliphatic rings. The number of amides is 1. The molecule has 1 aliphatic heterocycles. The average molecular weight is 406 g/mol. The zero-order chi connectivity index (χ0) is 18.1. The molecular formula is C21H16BrN3O. The second-order valence-corrected chi connectivity index (χ2v) is 6.89. The molecule has 1 aromatic heterocycles. The number of anilines is 1. The van der Waals surface area contributed by atoms with Crippen LogP contribution in [0.15, 0.2) is 88.1 Å². The highest BCUT2D eigenvalue weighted by Gasteiger charge is 2.28. The molecule has 128 valence electrons. The Morgan fingerprint density at radius 1 is 0.923 bits per heavy atom. The summed E-state index contributed by atoms with van der Waals surface area (Å²) in [5.74, 6) is -0.114. The van der Waals surface area contributed by atoms with Crippen molar-refractivity contribution in [1.82, 2.24) is 4.57 Å². The predicted molar refractivity (Wildman–Crippen MR) is 108 cm³/mol. The number of hydrogen-bond donors (Lipinski definition) is 0. The second-order valence-electron chi connectivity index (χ2n) is 5.98. The Morgan fingerprint density at radius 3 is 2.38 bits per heavy atom. The molecule has 0 saturated heterocycles. The molecular weight excluding hydrogens is 390 g/mol. The molecule has 0 unspecified atom stereocenters. The van der Waals surface area contributed by atoms with Crippen LogP contribution in [0.3, 0.4) is 0 Å². The Kier molecular flexibility index (Phi) is 4.31. The number of rotatable bonds is 3. The Balaban J connectivity index is 1.70. The normalized spacial score (nSPS) is 15.6. The average Bonchev–Trinajstić information content (AvgIpc) is 3.23. The zero-order valence-corrected chi connectivity index (χ0v) is 15.7. The number of carbonyl (C=O) groups excluding carboxylic acids is 1. The van der Waals surface area contributed by atoms with Crippen molar-refractivity contribution in [3.63, 3.8) is 0 Å². The first-order chi connectivity index (χ1) is 12.6. The summed E-state index contributed by atoms with van der Waals surface area (Å²) in [4.78, 5) is 12.9. The van der Waals surface area contributed by atoms with Gasteiger partial charge in [0.15, 0.2) is 0 Å². The van der Waals surface area contributed by atoms with Crippen LogP contribution in [0.2, 0.25) is 0 Å². The standard InChI is InChI=1S/C21H16BrN3O/c1-15-20(21(26)25(23-15)18-6-3-2-4-7-18)14-19-8-5-13-24(19)17-11-9-16(22)10-12-17/h2-14H,1H3/b20-14+. The van der Waals surface area contributed by atoms with Gasteiger partial charge >= 0.3 is 0 Å². The molecule has 26 heavy (non-hydrogen) atoms. The lowest BCUT2D eigenvalue weighted by Gasteiger charge is -2.11. The van der Waals surface area contributed by atoms with Crippen LogP contribution in [0, 0.1) is 0 Å². The number of hydrogen-bond acceptors (Lipinski definition) is 2. The molecule has 0 aliphatic carbocycles. The smallest absolute Gasteiger partial charge is 0.280 e. The fraction of sp³-hybridized carbons (Fsp3) is 0.0476. The molecule has 4 nitrogen and oxygen atoms in total. The number of aromatic nitrogens is 1. The van der Waals surface area contributed by atoms with E-state index in [1.165, 1.54) is 5.01 Å². The van der Waals surface area contributed by atoms with Crippen molar-refractivity contribution in [2.24, 2.45) is 5.10 Å². The third kappa shape index (κ3) is 3.02. The van der Waals surface area contributed by atoms with Gasteiger partial charge < -0.3 is 4.57 Å². The fourth-order valence-electron chi connectivity index (χ4n) is 2.92. The van der Waals surface area contributed by atoms with Crippen LogP contribution in [0.1, 0.15) is 12.6 Å². The summed E-state index contributed by atoms with van der Waals surface area (Å²) in [6.07, 6.45) is 3.88. The summed E-state index contributed by atoms with van der Waals surface area (Å²) in [6, 6.07) is 21.5. The van der Waals surface area contributed by atoms with E-state index in [0.29, 0.717) is 11.3 Å². The first-order valence-corrected chi connectivity index (χ1v) is 9.03. The van der Waals surface area contributed by atoms with Crippen molar-refractivity contribution >= 4 is 39.3 Å². The molecule has 0 atom stereocenters. The summed E-state index contributed by atoms with van der Waals surface area (Å²) in [5, 5.41) is 5.88. The third-order valence-electron chi connectivity index (χ3n) is 4.24. The summed E-state index contributed by atoms with van der Waals surface area (Å²) < 4.78 is 3.08. The highest BCUT2D eigenvalue weighted by molar-refractivity contribution is 9.10. The van der Waals surface area contributed by atoms with Gasteiger partial charge in [0.2, 0.25) is 0 Å². The first-order valence-electron chi connectivity index (χ1n) is 8.23.